The molecule has 0 bridgehead atoms. The fourth-order valence-electron chi connectivity index (χ4n) is 2.20. The summed E-state index contributed by atoms with van der Waals surface area (Å²) in [6.45, 7) is 4.04. The summed E-state index contributed by atoms with van der Waals surface area (Å²) in [6, 6.07) is 6.63. The third kappa shape index (κ3) is 2.92. The van der Waals surface area contributed by atoms with Crippen molar-refractivity contribution in [1.29, 1.82) is 0 Å². The first-order valence-corrected chi connectivity index (χ1v) is 7.30. The SMILES string of the molecule is CC(C)SCC(=O)N1c2ccccc2CC1C(=O)O. The van der Waals surface area contributed by atoms with Crippen LogP contribution in [0.5, 0.6) is 0 Å². The summed E-state index contributed by atoms with van der Waals surface area (Å²) in [6.07, 6.45) is 0.392. The first-order chi connectivity index (χ1) is 9.00. The number of hydrogen-bond donors (Lipinski definition) is 1. The van der Waals surface area contributed by atoms with Crippen LogP contribution < -0.4 is 4.90 Å². The van der Waals surface area contributed by atoms with Crippen molar-refractivity contribution in [3.05, 3.63) is 29.8 Å². The Bertz CT molecular complexity index is 501. The fourth-order valence-corrected chi connectivity index (χ4v) is 2.81. The quantitative estimate of drug-likeness (QED) is 0.917. The van der Waals surface area contributed by atoms with Crippen LogP contribution in [0.3, 0.4) is 0 Å². The monoisotopic (exact) mass is 279 g/mol. The molecule has 0 radical (unpaired) electrons. The Morgan fingerprint density at radius 1 is 1.42 bits per heavy atom. The lowest BCUT2D eigenvalue weighted by Crippen LogP contribution is -2.43. The zero-order valence-corrected chi connectivity index (χ0v) is 11.8. The third-order valence-corrected chi connectivity index (χ3v) is 4.15. The van der Waals surface area contributed by atoms with Crippen LogP contribution in [0.4, 0.5) is 5.69 Å². The lowest BCUT2D eigenvalue weighted by molar-refractivity contribution is -0.139. The van der Waals surface area contributed by atoms with E-state index in [4.69, 9.17) is 0 Å². The molecule has 1 N–H and O–H groups in total. The summed E-state index contributed by atoms with van der Waals surface area (Å²) in [5.41, 5.74) is 1.67. The van der Waals surface area contributed by atoms with E-state index in [1.165, 1.54) is 16.7 Å². The molecule has 102 valence electrons. The van der Waals surface area contributed by atoms with Gasteiger partial charge >= 0.3 is 5.97 Å². The minimum atomic E-state index is -0.945. The molecule has 19 heavy (non-hydrogen) atoms. The minimum absolute atomic E-state index is 0.129. The summed E-state index contributed by atoms with van der Waals surface area (Å²) in [7, 11) is 0. The molecule has 0 fully saturated rings. The number of anilines is 1. The number of carboxylic acid groups (broad SMARTS) is 1. The molecule has 0 aromatic heterocycles. The Kier molecular flexibility index (Phi) is 4.14. The van der Waals surface area contributed by atoms with Crippen molar-refractivity contribution in [2.24, 2.45) is 0 Å². The number of aliphatic carboxylic acids is 1. The van der Waals surface area contributed by atoms with E-state index in [0.29, 0.717) is 17.4 Å². The normalized spacial score (nSPS) is 17.6. The van der Waals surface area contributed by atoms with Gasteiger partial charge in [-0.2, -0.15) is 0 Å². The van der Waals surface area contributed by atoms with Gasteiger partial charge in [0.2, 0.25) is 5.91 Å². The molecule has 0 saturated heterocycles. The average Bonchev–Trinajstić information content (AvgIpc) is 2.75. The Hall–Kier alpha value is -1.49. The minimum Gasteiger partial charge on any atom is -0.480 e. The largest absolute Gasteiger partial charge is 0.480 e. The topological polar surface area (TPSA) is 57.6 Å². The molecule has 1 aromatic rings. The maximum absolute atomic E-state index is 12.3. The van der Waals surface area contributed by atoms with E-state index in [9.17, 15) is 14.7 Å². The maximum atomic E-state index is 12.3. The highest BCUT2D eigenvalue weighted by Gasteiger charge is 2.37. The van der Waals surface area contributed by atoms with Crippen LogP contribution >= 0.6 is 11.8 Å². The number of carboxylic acids is 1. The average molecular weight is 279 g/mol. The molecule has 4 nitrogen and oxygen atoms in total. The molecule has 0 aliphatic carbocycles. The van der Waals surface area contributed by atoms with Gasteiger partial charge in [-0.1, -0.05) is 32.0 Å². The Balaban J connectivity index is 2.24. The highest BCUT2D eigenvalue weighted by molar-refractivity contribution is 8.00. The van der Waals surface area contributed by atoms with Gasteiger partial charge in [0.25, 0.3) is 0 Å². The number of rotatable bonds is 4. The van der Waals surface area contributed by atoms with Gasteiger partial charge in [-0.15, -0.1) is 11.8 Å². The lowest BCUT2D eigenvalue weighted by atomic mass is 10.1. The zero-order chi connectivity index (χ0) is 14.0. The van der Waals surface area contributed by atoms with E-state index < -0.39 is 12.0 Å². The number of carbonyl (C=O) groups excluding carboxylic acids is 1. The van der Waals surface area contributed by atoms with Gasteiger partial charge in [-0.3, -0.25) is 9.69 Å². The molecule has 1 aliphatic heterocycles. The van der Waals surface area contributed by atoms with E-state index in [1.807, 2.05) is 38.1 Å². The van der Waals surface area contributed by atoms with E-state index in [2.05, 4.69) is 0 Å². The maximum Gasteiger partial charge on any atom is 0.327 e. The second-order valence-electron chi connectivity index (χ2n) is 4.81. The van der Waals surface area contributed by atoms with Crippen LogP contribution in [0.25, 0.3) is 0 Å². The molecule has 1 unspecified atom stereocenters. The van der Waals surface area contributed by atoms with Gasteiger partial charge in [0.15, 0.2) is 0 Å². The molecule has 1 amide bonds. The Morgan fingerprint density at radius 2 is 2.11 bits per heavy atom. The van der Waals surface area contributed by atoms with Gasteiger partial charge in [0.05, 0.1) is 5.75 Å². The summed E-state index contributed by atoms with van der Waals surface area (Å²) in [5.74, 6) is -0.759. The number of carbonyl (C=O) groups is 2. The number of benzene rings is 1. The van der Waals surface area contributed by atoms with Gasteiger partial charge in [0, 0.05) is 12.1 Å². The van der Waals surface area contributed by atoms with Crippen molar-refractivity contribution >= 4 is 29.3 Å². The molecular weight excluding hydrogens is 262 g/mol. The number of hydrogen-bond acceptors (Lipinski definition) is 3. The zero-order valence-electron chi connectivity index (χ0n) is 11.0. The summed E-state index contributed by atoms with van der Waals surface area (Å²) < 4.78 is 0. The van der Waals surface area contributed by atoms with Crippen LogP contribution in [0.15, 0.2) is 24.3 Å². The number of thioether (sulfide) groups is 1. The number of amides is 1. The molecule has 1 aromatic carbocycles. The highest BCUT2D eigenvalue weighted by Crippen LogP contribution is 2.32. The molecule has 0 spiro atoms. The van der Waals surface area contributed by atoms with Crippen molar-refractivity contribution in [1.82, 2.24) is 0 Å². The van der Waals surface area contributed by atoms with Crippen molar-refractivity contribution in [3.63, 3.8) is 0 Å². The molecule has 1 heterocycles. The van der Waals surface area contributed by atoms with E-state index in [-0.39, 0.29) is 5.91 Å². The Morgan fingerprint density at radius 3 is 2.74 bits per heavy atom. The lowest BCUT2D eigenvalue weighted by Gasteiger charge is -2.22. The van der Waals surface area contributed by atoms with Crippen LogP contribution in [-0.4, -0.2) is 34.0 Å². The van der Waals surface area contributed by atoms with Crippen molar-refractivity contribution < 1.29 is 14.7 Å². The predicted octanol–water partition coefficient (Wildman–Crippen LogP) is 2.17. The van der Waals surface area contributed by atoms with Crippen molar-refractivity contribution in [3.8, 4) is 0 Å². The van der Waals surface area contributed by atoms with Crippen molar-refractivity contribution in [2.75, 3.05) is 10.7 Å². The van der Waals surface area contributed by atoms with Gasteiger partial charge in [-0.25, -0.2) is 4.79 Å². The molecule has 2 rings (SSSR count). The number of fused-ring (bicyclic) bond motifs is 1. The summed E-state index contributed by atoms with van der Waals surface area (Å²) >= 11 is 1.53. The molecule has 1 aliphatic rings. The highest BCUT2D eigenvalue weighted by atomic mass is 32.2. The molecule has 1 atom stereocenters. The smallest absolute Gasteiger partial charge is 0.327 e. The predicted molar refractivity (Wildman–Crippen MR) is 76.6 cm³/mol. The molecule has 0 saturated carbocycles. The van der Waals surface area contributed by atoms with Crippen LogP contribution in [0.1, 0.15) is 19.4 Å². The number of para-hydroxylation sites is 1. The number of nitrogens with zero attached hydrogens (tertiary/aromatic N) is 1. The summed E-state index contributed by atoms with van der Waals surface area (Å²) in [5, 5.41) is 9.63. The van der Waals surface area contributed by atoms with Crippen LogP contribution in [-0.2, 0) is 16.0 Å². The standard InChI is InChI=1S/C14H17NO3S/c1-9(2)19-8-13(16)15-11-6-4-3-5-10(11)7-12(15)14(17)18/h3-6,9,12H,7-8H2,1-2H3,(H,17,18). The third-order valence-electron chi connectivity index (χ3n) is 3.07. The van der Waals surface area contributed by atoms with Gasteiger partial charge < -0.3 is 5.11 Å². The molecular formula is C14H17NO3S. The van der Waals surface area contributed by atoms with Gasteiger partial charge in [-0.05, 0) is 16.9 Å². The van der Waals surface area contributed by atoms with Crippen LogP contribution in [0.2, 0.25) is 0 Å². The first-order valence-electron chi connectivity index (χ1n) is 6.25. The van der Waals surface area contributed by atoms with Crippen LogP contribution in [0, 0.1) is 0 Å². The van der Waals surface area contributed by atoms with E-state index >= 15 is 0 Å². The second-order valence-corrected chi connectivity index (χ2v) is 6.38. The second kappa shape index (κ2) is 5.65. The van der Waals surface area contributed by atoms with Crippen molar-refractivity contribution in [2.45, 2.75) is 31.6 Å². The Labute approximate surface area is 116 Å². The fraction of sp³-hybridized carbons (Fsp3) is 0.429. The van der Waals surface area contributed by atoms with Gasteiger partial charge in [0.1, 0.15) is 6.04 Å². The molecule has 5 heteroatoms. The first kappa shape index (κ1) is 13.9. The van der Waals surface area contributed by atoms with E-state index in [0.717, 1.165) is 11.3 Å². The summed E-state index contributed by atoms with van der Waals surface area (Å²) in [4.78, 5) is 25.0. The van der Waals surface area contributed by atoms with E-state index in [1.54, 1.807) is 0 Å².